The zero-order chi connectivity index (χ0) is 15.4. The molecule has 0 unspecified atom stereocenters. The SMILES string of the molecule is CC(C)N1C(=O)C[C@H]2[C@@H]1CCN2Cc1cnc[nH]1.O=CO. The van der Waals surface area contributed by atoms with Crippen LogP contribution in [0.15, 0.2) is 12.5 Å². The number of carbonyl (C=O) groups excluding carboxylic acids is 1. The first kappa shape index (κ1) is 15.5. The van der Waals surface area contributed by atoms with E-state index in [2.05, 4.69) is 33.6 Å². The van der Waals surface area contributed by atoms with E-state index in [9.17, 15) is 4.79 Å². The zero-order valence-corrected chi connectivity index (χ0v) is 12.4. The molecule has 7 nitrogen and oxygen atoms in total. The van der Waals surface area contributed by atoms with E-state index in [4.69, 9.17) is 9.90 Å². The molecule has 2 saturated heterocycles. The van der Waals surface area contributed by atoms with Crippen LogP contribution < -0.4 is 0 Å². The Kier molecular flexibility index (Phi) is 4.95. The first-order valence-corrected chi connectivity index (χ1v) is 7.18. The molecule has 0 bridgehead atoms. The van der Waals surface area contributed by atoms with Crippen LogP contribution in [0.2, 0.25) is 0 Å². The lowest BCUT2D eigenvalue weighted by Gasteiger charge is -2.28. The van der Waals surface area contributed by atoms with Crippen molar-refractivity contribution in [2.45, 2.75) is 51.4 Å². The summed E-state index contributed by atoms with van der Waals surface area (Å²) in [5, 5.41) is 6.89. The molecule has 116 valence electrons. The molecule has 3 heterocycles. The lowest BCUT2D eigenvalue weighted by molar-refractivity contribution is -0.130. The van der Waals surface area contributed by atoms with Gasteiger partial charge in [-0.3, -0.25) is 14.5 Å². The minimum Gasteiger partial charge on any atom is -0.483 e. The molecular weight excluding hydrogens is 272 g/mol. The maximum Gasteiger partial charge on any atom is 0.290 e. The molecule has 2 aliphatic heterocycles. The van der Waals surface area contributed by atoms with Gasteiger partial charge in [-0.05, 0) is 20.3 Å². The molecule has 2 fully saturated rings. The summed E-state index contributed by atoms with van der Waals surface area (Å²) in [6, 6.07) is 1.13. The number of rotatable bonds is 3. The topological polar surface area (TPSA) is 89.5 Å². The van der Waals surface area contributed by atoms with E-state index < -0.39 is 0 Å². The van der Waals surface area contributed by atoms with E-state index in [1.54, 1.807) is 6.33 Å². The second kappa shape index (κ2) is 6.71. The molecule has 2 N–H and O–H groups in total. The Balaban J connectivity index is 0.000000497. The summed E-state index contributed by atoms with van der Waals surface area (Å²) in [6.45, 7) is 5.92. The minimum atomic E-state index is -0.250. The predicted molar refractivity (Wildman–Crippen MR) is 76.5 cm³/mol. The smallest absolute Gasteiger partial charge is 0.290 e. The molecule has 7 heteroatoms. The van der Waals surface area contributed by atoms with Crippen LogP contribution in [0, 0.1) is 0 Å². The Morgan fingerprint density at radius 1 is 1.52 bits per heavy atom. The number of aromatic nitrogens is 2. The number of carbonyl (C=O) groups is 2. The van der Waals surface area contributed by atoms with Gasteiger partial charge >= 0.3 is 0 Å². The van der Waals surface area contributed by atoms with Crippen LogP contribution in [0.4, 0.5) is 0 Å². The molecule has 0 aromatic carbocycles. The molecule has 2 atom stereocenters. The van der Waals surface area contributed by atoms with Crippen LogP contribution in [0.25, 0.3) is 0 Å². The lowest BCUT2D eigenvalue weighted by Crippen LogP contribution is -2.41. The van der Waals surface area contributed by atoms with Gasteiger partial charge in [-0.15, -0.1) is 0 Å². The van der Waals surface area contributed by atoms with Gasteiger partial charge in [0.25, 0.3) is 6.47 Å². The van der Waals surface area contributed by atoms with E-state index in [1.807, 2.05) is 6.20 Å². The molecule has 0 aliphatic carbocycles. The number of amides is 1. The first-order valence-electron chi connectivity index (χ1n) is 7.18. The van der Waals surface area contributed by atoms with E-state index in [0.717, 1.165) is 25.2 Å². The van der Waals surface area contributed by atoms with Gasteiger partial charge in [-0.2, -0.15) is 0 Å². The molecule has 3 rings (SSSR count). The number of nitrogens with zero attached hydrogens (tertiary/aromatic N) is 3. The molecular formula is C14H22N4O3. The van der Waals surface area contributed by atoms with Crippen molar-refractivity contribution in [3.8, 4) is 0 Å². The third-order valence-corrected chi connectivity index (χ3v) is 4.14. The number of hydrogen-bond acceptors (Lipinski definition) is 4. The minimum absolute atomic E-state index is 0.250. The molecule has 1 aromatic rings. The maximum atomic E-state index is 12.1. The molecule has 0 saturated carbocycles. The summed E-state index contributed by atoms with van der Waals surface area (Å²) in [5.74, 6) is 0.314. The quantitative estimate of drug-likeness (QED) is 0.801. The zero-order valence-electron chi connectivity index (χ0n) is 12.4. The number of nitrogens with one attached hydrogen (secondary N) is 1. The largest absolute Gasteiger partial charge is 0.483 e. The molecule has 21 heavy (non-hydrogen) atoms. The highest BCUT2D eigenvalue weighted by atomic mass is 16.3. The summed E-state index contributed by atoms with van der Waals surface area (Å²) in [6.07, 6.45) is 5.35. The second-order valence-corrected chi connectivity index (χ2v) is 5.67. The first-order chi connectivity index (χ1) is 10.1. The van der Waals surface area contributed by atoms with Gasteiger partial charge in [0.1, 0.15) is 0 Å². The van der Waals surface area contributed by atoms with Crippen LogP contribution in [0.1, 0.15) is 32.4 Å². The average Bonchev–Trinajstić information content (AvgIpc) is 3.09. The lowest BCUT2D eigenvalue weighted by atomic mass is 10.1. The fraction of sp³-hybridized carbons (Fsp3) is 0.643. The fourth-order valence-electron chi connectivity index (χ4n) is 3.42. The van der Waals surface area contributed by atoms with Gasteiger partial charge in [0, 0.05) is 49.5 Å². The maximum absolute atomic E-state index is 12.1. The third kappa shape index (κ3) is 3.24. The molecule has 0 radical (unpaired) electrons. The second-order valence-electron chi connectivity index (χ2n) is 5.67. The van der Waals surface area contributed by atoms with Crippen molar-refractivity contribution in [1.29, 1.82) is 0 Å². The number of H-pyrrole nitrogens is 1. The van der Waals surface area contributed by atoms with Gasteiger partial charge in [0.15, 0.2) is 0 Å². The highest BCUT2D eigenvalue weighted by Crippen LogP contribution is 2.34. The van der Waals surface area contributed by atoms with Crippen LogP contribution in [-0.2, 0) is 16.1 Å². The van der Waals surface area contributed by atoms with Crippen LogP contribution in [0.5, 0.6) is 0 Å². The monoisotopic (exact) mass is 294 g/mol. The standard InChI is InChI=1S/C13H20N4O.CH2O2/c1-9(2)17-11-3-4-16(12(11)5-13(17)18)7-10-6-14-8-15-10;2-1-3/h6,8-9,11-12H,3-5,7H2,1-2H3,(H,14,15);1H,(H,2,3)/t11-,12-;/m0./s1. The summed E-state index contributed by atoms with van der Waals surface area (Å²) in [5.41, 5.74) is 1.13. The highest BCUT2D eigenvalue weighted by molar-refractivity contribution is 5.80. The Hall–Kier alpha value is -1.89. The molecule has 2 aliphatic rings. The van der Waals surface area contributed by atoms with Crippen molar-refractivity contribution in [2.75, 3.05) is 6.54 Å². The van der Waals surface area contributed by atoms with Crippen molar-refractivity contribution in [1.82, 2.24) is 19.8 Å². The van der Waals surface area contributed by atoms with E-state index in [1.165, 1.54) is 0 Å². The predicted octanol–water partition coefficient (Wildman–Crippen LogP) is 0.694. The Labute approximate surface area is 124 Å². The number of fused-ring (bicyclic) bond motifs is 1. The number of hydrogen-bond donors (Lipinski definition) is 2. The summed E-state index contributed by atoms with van der Waals surface area (Å²) >= 11 is 0. The van der Waals surface area contributed by atoms with Crippen molar-refractivity contribution in [2.24, 2.45) is 0 Å². The summed E-state index contributed by atoms with van der Waals surface area (Å²) in [4.78, 5) is 32.1. The molecule has 1 amide bonds. The van der Waals surface area contributed by atoms with E-state index >= 15 is 0 Å². The van der Waals surface area contributed by atoms with Gasteiger partial charge in [0.2, 0.25) is 5.91 Å². The van der Waals surface area contributed by atoms with Crippen LogP contribution >= 0.6 is 0 Å². The summed E-state index contributed by atoms with van der Waals surface area (Å²) < 4.78 is 0. The molecule has 0 spiro atoms. The van der Waals surface area contributed by atoms with Crippen molar-refractivity contribution < 1.29 is 14.7 Å². The van der Waals surface area contributed by atoms with Gasteiger partial charge in [-0.1, -0.05) is 0 Å². The van der Waals surface area contributed by atoms with E-state index in [0.29, 0.717) is 30.5 Å². The van der Waals surface area contributed by atoms with Gasteiger partial charge in [-0.25, -0.2) is 4.98 Å². The number of imidazole rings is 1. The highest BCUT2D eigenvalue weighted by Gasteiger charge is 2.47. The third-order valence-electron chi connectivity index (χ3n) is 4.14. The number of likely N-dealkylation sites (tertiary alicyclic amines) is 2. The van der Waals surface area contributed by atoms with Gasteiger partial charge in [0.05, 0.1) is 6.33 Å². The normalized spacial score (nSPS) is 24.9. The van der Waals surface area contributed by atoms with Crippen LogP contribution in [-0.4, -0.2) is 61.9 Å². The summed E-state index contributed by atoms with van der Waals surface area (Å²) in [7, 11) is 0. The Morgan fingerprint density at radius 3 is 2.81 bits per heavy atom. The van der Waals surface area contributed by atoms with Crippen LogP contribution in [0.3, 0.4) is 0 Å². The van der Waals surface area contributed by atoms with Crippen molar-refractivity contribution in [3.63, 3.8) is 0 Å². The number of aromatic amines is 1. The average molecular weight is 294 g/mol. The van der Waals surface area contributed by atoms with Crippen molar-refractivity contribution in [3.05, 3.63) is 18.2 Å². The Bertz CT molecular complexity index is 475. The van der Waals surface area contributed by atoms with Crippen molar-refractivity contribution >= 4 is 12.4 Å². The Morgan fingerprint density at radius 2 is 2.24 bits per heavy atom. The number of carboxylic acid groups (broad SMARTS) is 1. The molecule has 1 aromatic heterocycles. The van der Waals surface area contributed by atoms with Gasteiger partial charge < -0.3 is 15.0 Å². The van der Waals surface area contributed by atoms with E-state index in [-0.39, 0.29) is 6.47 Å². The fourth-order valence-corrected chi connectivity index (χ4v) is 3.42.